The Balaban J connectivity index is 2.33. The summed E-state index contributed by atoms with van der Waals surface area (Å²) in [6.45, 7) is 2.27. The van der Waals surface area contributed by atoms with E-state index >= 15 is 0 Å². The highest BCUT2D eigenvalue weighted by Gasteiger charge is 2.39. The number of hydrogen-bond donors (Lipinski definition) is 1. The first-order valence-corrected chi connectivity index (χ1v) is 5.90. The SMILES string of the molecule is CC(O)(c1ccc(C(F)(F)F)c(F)c1)C1CCOC1. The molecule has 106 valence electrons. The summed E-state index contributed by atoms with van der Waals surface area (Å²) in [5.41, 5.74) is -2.59. The van der Waals surface area contributed by atoms with E-state index in [0.717, 1.165) is 12.1 Å². The van der Waals surface area contributed by atoms with Gasteiger partial charge >= 0.3 is 6.18 Å². The van der Waals surface area contributed by atoms with E-state index in [4.69, 9.17) is 4.74 Å². The van der Waals surface area contributed by atoms with Crippen LogP contribution in [-0.4, -0.2) is 18.3 Å². The molecule has 1 aliphatic heterocycles. The normalized spacial score (nSPS) is 23.4. The molecule has 1 saturated heterocycles. The fraction of sp³-hybridized carbons (Fsp3) is 0.538. The Labute approximate surface area is 108 Å². The van der Waals surface area contributed by atoms with Crippen LogP contribution in [0.4, 0.5) is 17.6 Å². The van der Waals surface area contributed by atoms with E-state index < -0.39 is 23.2 Å². The van der Waals surface area contributed by atoms with Gasteiger partial charge in [-0.2, -0.15) is 13.2 Å². The largest absolute Gasteiger partial charge is 0.419 e. The summed E-state index contributed by atoms with van der Waals surface area (Å²) in [6.07, 6.45) is -4.14. The zero-order valence-electron chi connectivity index (χ0n) is 10.3. The molecule has 1 fully saturated rings. The summed E-state index contributed by atoms with van der Waals surface area (Å²) in [7, 11) is 0. The summed E-state index contributed by atoms with van der Waals surface area (Å²) < 4.78 is 56.0. The van der Waals surface area contributed by atoms with Crippen molar-refractivity contribution in [3.8, 4) is 0 Å². The van der Waals surface area contributed by atoms with Gasteiger partial charge in [0.1, 0.15) is 5.82 Å². The van der Waals surface area contributed by atoms with Gasteiger partial charge < -0.3 is 9.84 Å². The minimum Gasteiger partial charge on any atom is -0.385 e. The molecule has 1 N–H and O–H groups in total. The standard InChI is InChI=1S/C13H14F4O2/c1-12(18,9-4-5-19-7-9)8-2-3-10(11(14)6-8)13(15,16)17/h2-3,6,9,18H,4-5,7H2,1H3. The van der Waals surface area contributed by atoms with Gasteiger partial charge in [-0.1, -0.05) is 6.07 Å². The van der Waals surface area contributed by atoms with Crippen molar-refractivity contribution < 1.29 is 27.4 Å². The van der Waals surface area contributed by atoms with E-state index in [1.54, 1.807) is 0 Å². The van der Waals surface area contributed by atoms with Crippen molar-refractivity contribution >= 4 is 0 Å². The predicted molar refractivity (Wildman–Crippen MR) is 59.9 cm³/mol. The molecule has 6 heteroatoms. The first-order valence-electron chi connectivity index (χ1n) is 5.90. The maximum Gasteiger partial charge on any atom is 0.419 e. The molecule has 0 spiro atoms. The first kappa shape index (κ1) is 14.3. The Kier molecular flexibility index (Phi) is 3.57. The lowest BCUT2D eigenvalue weighted by Gasteiger charge is -2.30. The van der Waals surface area contributed by atoms with Gasteiger partial charge in [-0.25, -0.2) is 4.39 Å². The fourth-order valence-corrected chi connectivity index (χ4v) is 2.27. The highest BCUT2D eigenvalue weighted by atomic mass is 19.4. The second kappa shape index (κ2) is 4.76. The molecule has 0 amide bonds. The van der Waals surface area contributed by atoms with Crippen LogP contribution < -0.4 is 0 Å². The number of aliphatic hydroxyl groups is 1. The Morgan fingerprint density at radius 3 is 2.47 bits per heavy atom. The molecule has 0 saturated carbocycles. The lowest BCUT2D eigenvalue weighted by atomic mass is 9.82. The maximum atomic E-state index is 13.5. The average molecular weight is 278 g/mol. The molecular formula is C13H14F4O2. The van der Waals surface area contributed by atoms with E-state index in [2.05, 4.69) is 0 Å². The van der Waals surface area contributed by atoms with Crippen LogP contribution in [0.5, 0.6) is 0 Å². The number of hydrogen-bond acceptors (Lipinski definition) is 2. The maximum absolute atomic E-state index is 13.5. The first-order chi connectivity index (χ1) is 8.73. The zero-order valence-corrected chi connectivity index (χ0v) is 10.3. The molecule has 1 aliphatic rings. The Morgan fingerprint density at radius 1 is 1.32 bits per heavy atom. The smallest absolute Gasteiger partial charge is 0.385 e. The van der Waals surface area contributed by atoms with Crippen LogP contribution in [0.2, 0.25) is 0 Å². The lowest BCUT2D eigenvalue weighted by Crippen LogP contribution is -2.32. The van der Waals surface area contributed by atoms with Gasteiger partial charge in [0.05, 0.1) is 17.8 Å². The van der Waals surface area contributed by atoms with Gasteiger partial charge in [-0.15, -0.1) is 0 Å². The molecule has 2 rings (SSSR count). The van der Waals surface area contributed by atoms with E-state index in [0.29, 0.717) is 25.7 Å². The van der Waals surface area contributed by atoms with Crippen LogP contribution in [0.15, 0.2) is 18.2 Å². The van der Waals surface area contributed by atoms with E-state index in [1.165, 1.54) is 6.92 Å². The van der Waals surface area contributed by atoms with E-state index in [-0.39, 0.29) is 11.5 Å². The fourth-order valence-electron chi connectivity index (χ4n) is 2.27. The monoisotopic (exact) mass is 278 g/mol. The van der Waals surface area contributed by atoms with Crippen molar-refractivity contribution in [2.24, 2.45) is 5.92 Å². The minimum atomic E-state index is -4.73. The third-order valence-corrected chi connectivity index (χ3v) is 3.58. The van der Waals surface area contributed by atoms with Crippen LogP contribution in [0, 0.1) is 11.7 Å². The van der Waals surface area contributed by atoms with Gasteiger partial charge in [-0.05, 0) is 31.0 Å². The van der Waals surface area contributed by atoms with Crippen LogP contribution >= 0.6 is 0 Å². The summed E-state index contributed by atoms with van der Waals surface area (Å²) >= 11 is 0. The van der Waals surface area contributed by atoms with E-state index in [9.17, 15) is 22.7 Å². The molecule has 1 aromatic carbocycles. The van der Waals surface area contributed by atoms with Crippen LogP contribution in [0.1, 0.15) is 24.5 Å². The molecule has 19 heavy (non-hydrogen) atoms. The zero-order chi connectivity index (χ0) is 14.3. The second-order valence-corrected chi connectivity index (χ2v) is 4.90. The number of rotatable bonds is 2. The lowest BCUT2D eigenvalue weighted by molar-refractivity contribution is -0.140. The van der Waals surface area contributed by atoms with Gasteiger partial charge in [0.25, 0.3) is 0 Å². The highest BCUT2D eigenvalue weighted by Crippen LogP contribution is 2.37. The molecule has 0 aliphatic carbocycles. The molecule has 0 aromatic heterocycles. The second-order valence-electron chi connectivity index (χ2n) is 4.90. The number of alkyl halides is 3. The molecule has 2 atom stereocenters. The molecule has 1 heterocycles. The highest BCUT2D eigenvalue weighted by molar-refractivity contribution is 5.30. The molecule has 2 unspecified atom stereocenters. The van der Waals surface area contributed by atoms with Crippen LogP contribution in [0.25, 0.3) is 0 Å². The number of benzene rings is 1. The Morgan fingerprint density at radius 2 is 2.00 bits per heavy atom. The van der Waals surface area contributed by atoms with Crippen molar-refractivity contribution in [3.05, 3.63) is 35.1 Å². The average Bonchev–Trinajstić information content (AvgIpc) is 2.80. The Hall–Kier alpha value is -1.14. The molecule has 1 aromatic rings. The topological polar surface area (TPSA) is 29.5 Å². The van der Waals surface area contributed by atoms with Gasteiger partial charge in [-0.3, -0.25) is 0 Å². The third kappa shape index (κ3) is 2.74. The van der Waals surface area contributed by atoms with Crippen LogP contribution in [-0.2, 0) is 16.5 Å². The van der Waals surface area contributed by atoms with Crippen molar-refractivity contribution in [3.63, 3.8) is 0 Å². The summed E-state index contributed by atoms with van der Waals surface area (Å²) in [5.74, 6) is -1.62. The minimum absolute atomic E-state index is 0.133. The van der Waals surface area contributed by atoms with Crippen molar-refractivity contribution in [1.82, 2.24) is 0 Å². The molecular weight excluding hydrogens is 264 g/mol. The summed E-state index contributed by atoms with van der Waals surface area (Å²) in [6, 6.07) is 2.53. The number of halogens is 4. The number of ether oxygens (including phenoxy) is 1. The van der Waals surface area contributed by atoms with Gasteiger partial charge in [0, 0.05) is 12.5 Å². The third-order valence-electron chi connectivity index (χ3n) is 3.58. The van der Waals surface area contributed by atoms with Crippen molar-refractivity contribution in [2.45, 2.75) is 25.1 Å². The molecule has 2 nitrogen and oxygen atoms in total. The quantitative estimate of drug-likeness (QED) is 0.842. The van der Waals surface area contributed by atoms with Crippen molar-refractivity contribution in [2.75, 3.05) is 13.2 Å². The molecule has 0 bridgehead atoms. The van der Waals surface area contributed by atoms with Crippen LogP contribution in [0.3, 0.4) is 0 Å². The van der Waals surface area contributed by atoms with Gasteiger partial charge in [0.15, 0.2) is 0 Å². The molecule has 0 radical (unpaired) electrons. The van der Waals surface area contributed by atoms with Gasteiger partial charge in [0.2, 0.25) is 0 Å². The summed E-state index contributed by atoms with van der Waals surface area (Å²) in [4.78, 5) is 0. The summed E-state index contributed by atoms with van der Waals surface area (Å²) in [5, 5.41) is 10.4. The van der Waals surface area contributed by atoms with Crippen molar-refractivity contribution in [1.29, 1.82) is 0 Å². The predicted octanol–water partition coefficient (Wildman–Crippen LogP) is 3.09. The van der Waals surface area contributed by atoms with E-state index in [1.807, 2.05) is 0 Å². The Bertz CT molecular complexity index is 462.